The number of anilines is 1. The minimum atomic E-state index is -0.308. The molecule has 4 heteroatoms. The SMILES string of the molecule is CCCCCCCC(=O)CCNc1ccc(C(=O)OCC)cc1. The van der Waals surface area contributed by atoms with Crippen LogP contribution in [0.2, 0.25) is 0 Å². The van der Waals surface area contributed by atoms with Gasteiger partial charge in [0.1, 0.15) is 5.78 Å². The molecule has 1 N–H and O–H groups in total. The number of hydrogen-bond acceptors (Lipinski definition) is 4. The van der Waals surface area contributed by atoms with Crippen LogP contribution in [0.1, 0.15) is 69.2 Å². The second-order valence-corrected chi connectivity index (χ2v) is 5.68. The summed E-state index contributed by atoms with van der Waals surface area (Å²) in [6.07, 6.45) is 7.12. The summed E-state index contributed by atoms with van der Waals surface area (Å²) in [4.78, 5) is 23.3. The lowest BCUT2D eigenvalue weighted by molar-refractivity contribution is -0.118. The number of unbranched alkanes of at least 4 members (excludes halogenated alkanes) is 4. The van der Waals surface area contributed by atoms with E-state index < -0.39 is 0 Å². The van der Waals surface area contributed by atoms with Crippen molar-refractivity contribution in [2.75, 3.05) is 18.5 Å². The third-order valence-corrected chi connectivity index (χ3v) is 3.69. The van der Waals surface area contributed by atoms with Gasteiger partial charge in [-0.25, -0.2) is 4.79 Å². The quantitative estimate of drug-likeness (QED) is 0.452. The maximum atomic E-state index is 11.8. The highest BCUT2D eigenvalue weighted by molar-refractivity contribution is 5.89. The number of nitrogens with one attached hydrogen (secondary N) is 1. The van der Waals surface area contributed by atoms with Gasteiger partial charge in [-0.2, -0.15) is 0 Å². The molecule has 0 unspecified atom stereocenters. The highest BCUT2D eigenvalue weighted by atomic mass is 16.5. The summed E-state index contributed by atoms with van der Waals surface area (Å²) in [5.74, 6) is 0.00874. The van der Waals surface area contributed by atoms with E-state index in [0.717, 1.165) is 18.5 Å². The van der Waals surface area contributed by atoms with E-state index in [-0.39, 0.29) is 5.97 Å². The molecule has 0 radical (unpaired) electrons. The molecule has 0 aliphatic rings. The first kappa shape index (κ1) is 19.2. The van der Waals surface area contributed by atoms with E-state index in [9.17, 15) is 9.59 Å². The highest BCUT2D eigenvalue weighted by Crippen LogP contribution is 2.11. The fourth-order valence-electron chi connectivity index (χ4n) is 2.34. The summed E-state index contributed by atoms with van der Waals surface area (Å²) in [7, 11) is 0. The Kier molecular flexibility index (Phi) is 9.76. The standard InChI is InChI=1S/C19H29NO3/c1-3-5-6-7-8-9-18(21)14-15-20-17-12-10-16(11-13-17)19(22)23-4-2/h10-13,20H,3-9,14-15H2,1-2H3. The van der Waals surface area contributed by atoms with Crippen molar-refractivity contribution >= 4 is 17.4 Å². The molecule has 23 heavy (non-hydrogen) atoms. The fourth-order valence-corrected chi connectivity index (χ4v) is 2.34. The van der Waals surface area contributed by atoms with Crippen molar-refractivity contribution < 1.29 is 14.3 Å². The number of carbonyl (C=O) groups excluding carboxylic acids is 2. The molecule has 0 aromatic heterocycles. The topological polar surface area (TPSA) is 55.4 Å². The van der Waals surface area contributed by atoms with E-state index in [1.807, 2.05) is 12.1 Å². The minimum absolute atomic E-state index is 0.308. The zero-order chi connectivity index (χ0) is 16.9. The predicted molar refractivity (Wildman–Crippen MR) is 93.9 cm³/mol. The first-order valence-corrected chi connectivity index (χ1v) is 8.70. The average Bonchev–Trinajstić information content (AvgIpc) is 2.55. The van der Waals surface area contributed by atoms with Gasteiger partial charge in [0, 0.05) is 25.1 Å². The van der Waals surface area contributed by atoms with Gasteiger partial charge in [0.05, 0.1) is 12.2 Å². The lowest BCUT2D eigenvalue weighted by atomic mass is 10.1. The van der Waals surface area contributed by atoms with Gasteiger partial charge in [-0.15, -0.1) is 0 Å². The summed E-state index contributed by atoms with van der Waals surface area (Å²) >= 11 is 0. The predicted octanol–water partition coefficient (Wildman–Crippen LogP) is 4.59. The molecule has 0 atom stereocenters. The van der Waals surface area contributed by atoms with Crippen molar-refractivity contribution in [3.05, 3.63) is 29.8 Å². The van der Waals surface area contributed by atoms with Gasteiger partial charge in [-0.1, -0.05) is 32.6 Å². The largest absolute Gasteiger partial charge is 0.462 e. The minimum Gasteiger partial charge on any atom is -0.462 e. The molecule has 0 saturated carbocycles. The van der Waals surface area contributed by atoms with Crippen LogP contribution in [-0.2, 0) is 9.53 Å². The number of benzene rings is 1. The van der Waals surface area contributed by atoms with E-state index in [0.29, 0.717) is 37.3 Å². The Bertz CT molecular complexity index is 468. The summed E-state index contributed by atoms with van der Waals surface area (Å²) in [6, 6.07) is 7.13. The monoisotopic (exact) mass is 319 g/mol. The molecule has 1 aromatic rings. The Morgan fingerprint density at radius 3 is 2.30 bits per heavy atom. The second kappa shape index (κ2) is 11.7. The third kappa shape index (κ3) is 8.38. The van der Waals surface area contributed by atoms with E-state index in [1.54, 1.807) is 19.1 Å². The van der Waals surface area contributed by atoms with E-state index in [2.05, 4.69) is 12.2 Å². The summed E-state index contributed by atoms with van der Waals surface area (Å²) in [5.41, 5.74) is 1.45. The van der Waals surface area contributed by atoms with Gasteiger partial charge >= 0.3 is 5.97 Å². The van der Waals surface area contributed by atoms with Gasteiger partial charge in [0.25, 0.3) is 0 Å². The number of hydrogen-bond donors (Lipinski definition) is 1. The van der Waals surface area contributed by atoms with Crippen molar-refractivity contribution in [2.24, 2.45) is 0 Å². The van der Waals surface area contributed by atoms with Crippen LogP contribution in [0.25, 0.3) is 0 Å². The van der Waals surface area contributed by atoms with E-state index in [1.165, 1.54) is 19.3 Å². The molecule has 0 aliphatic heterocycles. The van der Waals surface area contributed by atoms with E-state index in [4.69, 9.17) is 4.74 Å². The molecular formula is C19H29NO3. The maximum Gasteiger partial charge on any atom is 0.338 e. The Morgan fingerprint density at radius 2 is 1.65 bits per heavy atom. The zero-order valence-electron chi connectivity index (χ0n) is 14.4. The number of ether oxygens (including phenoxy) is 1. The summed E-state index contributed by atoms with van der Waals surface area (Å²) in [6.45, 7) is 4.98. The third-order valence-electron chi connectivity index (χ3n) is 3.69. The number of esters is 1. The molecule has 0 amide bonds. The molecular weight excluding hydrogens is 290 g/mol. The fraction of sp³-hybridized carbons (Fsp3) is 0.579. The van der Waals surface area contributed by atoms with Crippen molar-refractivity contribution in [3.8, 4) is 0 Å². The number of Topliss-reactive ketones (excluding diaryl/α,β-unsaturated/α-hetero) is 1. The first-order valence-electron chi connectivity index (χ1n) is 8.70. The van der Waals surface area contributed by atoms with Crippen LogP contribution in [0.15, 0.2) is 24.3 Å². The van der Waals surface area contributed by atoms with Crippen molar-refractivity contribution in [3.63, 3.8) is 0 Å². The van der Waals surface area contributed by atoms with Crippen LogP contribution in [0.4, 0.5) is 5.69 Å². The lowest BCUT2D eigenvalue weighted by Crippen LogP contribution is -2.09. The van der Waals surface area contributed by atoms with Crippen LogP contribution in [-0.4, -0.2) is 24.9 Å². The Hall–Kier alpha value is -1.84. The Balaban J connectivity index is 2.20. The molecule has 4 nitrogen and oxygen atoms in total. The zero-order valence-corrected chi connectivity index (χ0v) is 14.4. The molecule has 128 valence electrons. The lowest BCUT2D eigenvalue weighted by Gasteiger charge is -2.07. The van der Waals surface area contributed by atoms with Crippen LogP contribution in [0, 0.1) is 0 Å². The number of rotatable bonds is 12. The molecule has 0 fully saturated rings. The van der Waals surface area contributed by atoms with Crippen molar-refractivity contribution in [2.45, 2.75) is 58.8 Å². The Labute approximate surface area is 139 Å². The van der Waals surface area contributed by atoms with Gasteiger partial charge in [0.2, 0.25) is 0 Å². The van der Waals surface area contributed by atoms with Crippen LogP contribution < -0.4 is 5.32 Å². The maximum absolute atomic E-state index is 11.8. The summed E-state index contributed by atoms with van der Waals surface area (Å²) in [5, 5.41) is 3.21. The van der Waals surface area contributed by atoms with Crippen molar-refractivity contribution in [1.29, 1.82) is 0 Å². The number of ketones is 1. The summed E-state index contributed by atoms with van der Waals surface area (Å²) < 4.78 is 4.94. The Morgan fingerprint density at radius 1 is 0.957 bits per heavy atom. The average molecular weight is 319 g/mol. The van der Waals surface area contributed by atoms with Crippen LogP contribution in [0.3, 0.4) is 0 Å². The van der Waals surface area contributed by atoms with Crippen molar-refractivity contribution in [1.82, 2.24) is 0 Å². The molecule has 1 aromatic carbocycles. The normalized spacial score (nSPS) is 10.3. The molecule has 0 bridgehead atoms. The smallest absolute Gasteiger partial charge is 0.338 e. The molecule has 1 rings (SSSR count). The number of carbonyl (C=O) groups is 2. The second-order valence-electron chi connectivity index (χ2n) is 5.68. The molecule has 0 heterocycles. The van der Waals surface area contributed by atoms with Gasteiger partial charge in [0.15, 0.2) is 0 Å². The van der Waals surface area contributed by atoms with Gasteiger partial charge in [-0.05, 0) is 37.6 Å². The van der Waals surface area contributed by atoms with E-state index >= 15 is 0 Å². The highest BCUT2D eigenvalue weighted by Gasteiger charge is 2.06. The van der Waals surface area contributed by atoms with Crippen LogP contribution >= 0.6 is 0 Å². The van der Waals surface area contributed by atoms with Crippen LogP contribution in [0.5, 0.6) is 0 Å². The molecule has 0 saturated heterocycles. The van der Waals surface area contributed by atoms with Gasteiger partial charge < -0.3 is 10.1 Å². The molecule has 0 aliphatic carbocycles. The van der Waals surface area contributed by atoms with Gasteiger partial charge in [-0.3, -0.25) is 4.79 Å². The molecule has 0 spiro atoms. The first-order chi connectivity index (χ1) is 11.2.